The topological polar surface area (TPSA) is 54.1 Å². The molecule has 3 heterocycles. The number of hydrogen-bond donors (Lipinski definition) is 2. The summed E-state index contributed by atoms with van der Waals surface area (Å²) in [5, 5.41) is 3.53. The summed E-state index contributed by atoms with van der Waals surface area (Å²) in [5.74, 6) is -0.226. The number of piperidine rings is 1. The standard InChI is InChI=1S/C12H16N2O2/c15-12(11-2-1-5-13-11)16-10-6-8-3-4-9(7-10)14-8/h1-2,5,8-10,13-14H,3-4,6-7H2/t8-,9-/m1/s1. The Morgan fingerprint density at radius 2 is 2.06 bits per heavy atom. The molecule has 1 aromatic rings. The highest BCUT2D eigenvalue weighted by Crippen LogP contribution is 2.28. The van der Waals surface area contributed by atoms with E-state index in [1.165, 1.54) is 12.8 Å². The molecule has 4 heteroatoms. The van der Waals surface area contributed by atoms with Crippen LogP contribution < -0.4 is 5.32 Å². The monoisotopic (exact) mass is 220 g/mol. The smallest absolute Gasteiger partial charge is 0.355 e. The minimum atomic E-state index is -0.226. The van der Waals surface area contributed by atoms with Gasteiger partial charge in [0.1, 0.15) is 11.8 Å². The maximum absolute atomic E-state index is 11.7. The summed E-state index contributed by atoms with van der Waals surface area (Å²) in [6.07, 6.45) is 6.20. The molecule has 0 saturated carbocycles. The van der Waals surface area contributed by atoms with Crippen LogP contribution in [0.4, 0.5) is 0 Å². The van der Waals surface area contributed by atoms with Gasteiger partial charge in [-0.05, 0) is 37.8 Å². The molecule has 2 fully saturated rings. The number of nitrogens with one attached hydrogen (secondary N) is 2. The number of fused-ring (bicyclic) bond motifs is 2. The summed E-state index contributed by atoms with van der Waals surface area (Å²) >= 11 is 0. The molecule has 1 aromatic heterocycles. The van der Waals surface area contributed by atoms with E-state index >= 15 is 0 Å². The molecular weight excluding hydrogens is 204 g/mol. The van der Waals surface area contributed by atoms with E-state index < -0.39 is 0 Å². The summed E-state index contributed by atoms with van der Waals surface area (Å²) < 4.78 is 5.51. The lowest BCUT2D eigenvalue weighted by Gasteiger charge is -2.28. The summed E-state index contributed by atoms with van der Waals surface area (Å²) in [4.78, 5) is 14.6. The van der Waals surface area contributed by atoms with Gasteiger partial charge in [0.25, 0.3) is 0 Å². The van der Waals surface area contributed by atoms with Crippen LogP contribution in [0.2, 0.25) is 0 Å². The maximum Gasteiger partial charge on any atom is 0.355 e. The minimum absolute atomic E-state index is 0.0922. The molecule has 0 radical (unpaired) electrons. The maximum atomic E-state index is 11.7. The Morgan fingerprint density at radius 1 is 1.31 bits per heavy atom. The molecule has 3 rings (SSSR count). The van der Waals surface area contributed by atoms with Crippen molar-refractivity contribution in [2.24, 2.45) is 0 Å². The molecule has 0 unspecified atom stereocenters. The zero-order valence-corrected chi connectivity index (χ0v) is 9.11. The van der Waals surface area contributed by atoms with Crippen LogP contribution in [0.5, 0.6) is 0 Å². The number of aromatic amines is 1. The van der Waals surface area contributed by atoms with Gasteiger partial charge in [0.05, 0.1) is 0 Å². The number of H-pyrrole nitrogens is 1. The van der Waals surface area contributed by atoms with Crippen molar-refractivity contribution < 1.29 is 9.53 Å². The van der Waals surface area contributed by atoms with Crippen molar-refractivity contribution in [3.8, 4) is 0 Å². The summed E-state index contributed by atoms with van der Waals surface area (Å²) in [6.45, 7) is 0. The van der Waals surface area contributed by atoms with Gasteiger partial charge in [-0.3, -0.25) is 0 Å². The van der Waals surface area contributed by atoms with E-state index in [0.717, 1.165) is 12.8 Å². The lowest BCUT2D eigenvalue weighted by Crippen LogP contribution is -2.42. The lowest BCUT2D eigenvalue weighted by molar-refractivity contribution is 0.0171. The van der Waals surface area contributed by atoms with Crippen molar-refractivity contribution in [2.45, 2.75) is 43.9 Å². The van der Waals surface area contributed by atoms with Gasteiger partial charge in [0, 0.05) is 18.3 Å². The second-order valence-electron chi connectivity index (χ2n) is 4.72. The van der Waals surface area contributed by atoms with Gasteiger partial charge in [-0.15, -0.1) is 0 Å². The zero-order valence-electron chi connectivity index (χ0n) is 9.11. The van der Waals surface area contributed by atoms with Gasteiger partial charge in [-0.1, -0.05) is 0 Å². The predicted molar refractivity (Wildman–Crippen MR) is 59.2 cm³/mol. The van der Waals surface area contributed by atoms with E-state index in [0.29, 0.717) is 17.8 Å². The highest BCUT2D eigenvalue weighted by Gasteiger charge is 2.35. The molecule has 0 aromatic carbocycles. The van der Waals surface area contributed by atoms with Crippen molar-refractivity contribution in [3.63, 3.8) is 0 Å². The number of hydrogen-bond acceptors (Lipinski definition) is 3. The first kappa shape index (κ1) is 9.90. The number of carbonyl (C=O) groups excluding carboxylic acids is 1. The fraction of sp³-hybridized carbons (Fsp3) is 0.583. The molecule has 0 spiro atoms. The van der Waals surface area contributed by atoms with Gasteiger partial charge in [0.15, 0.2) is 0 Å². The van der Waals surface area contributed by atoms with Crippen LogP contribution in [0.3, 0.4) is 0 Å². The first-order valence-corrected chi connectivity index (χ1v) is 5.91. The van der Waals surface area contributed by atoms with Gasteiger partial charge in [0.2, 0.25) is 0 Å². The lowest BCUT2D eigenvalue weighted by atomic mass is 10.0. The van der Waals surface area contributed by atoms with Crippen LogP contribution in [-0.4, -0.2) is 29.1 Å². The van der Waals surface area contributed by atoms with E-state index in [1.807, 2.05) is 6.07 Å². The number of esters is 1. The van der Waals surface area contributed by atoms with E-state index in [2.05, 4.69) is 10.3 Å². The van der Waals surface area contributed by atoms with Crippen LogP contribution in [0.25, 0.3) is 0 Å². The molecule has 0 amide bonds. The third-order valence-corrected chi connectivity index (χ3v) is 3.52. The van der Waals surface area contributed by atoms with Gasteiger partial charge in [-0.25, -0.2) is 4.79 Å². The second kappa shape index (κ2) is 3.94. The number of rotatable bonds is 2. The molecule has 2 N–H and O–H groups in total. The Bertz CT molecular complexity index is 362. The molecule has 2 bridgehead atoms. The molecule has 2 aliphatic rings. The molecule has 2 aliphatic heterocycles. The van der Waals surface area contributed by atoms with Crippen molar-refractivity contribution in [3.05, 3.63) is 24.0 Å². The van der Waals surface area contributed by atoms with Crippen LogP contribution in [-0.2, 0) is 4.74 Å². The first-order chi connectivity index (χ1) is 7.81. The first-order valence-electron chi connectivity index (χ1n) is 5.91. The molecule has 0 aliphatic carbocycles. The fourth-order valence-electron chi connectivity index (χ4n) is 2.77. The molecule has 2 atom stereocenters. The Balaban J connectivity index is 1.61. The SMILES string of the molecule is O=C(OC1C[C@H]2CC[C@H](C1)N2)c1ccc[nH]1. The Labute approximate surface area is 94.4 Å². The predicted octanol–water partition coefficient (Wildman–Crippen LogP) is 1.45. The molecule has 4 nitrogen and oxygen atoms in total. The van der Waals surface area contributed by atoms with E-state index in [9.17, 15) is 4.79 Å². The van der Waals surface area contributed by atoms with Crippen molar-refractivity contribution in [2.75, 3.05) is 0 Å². The van der Waals surface area contributed by atoms with Gasteiger partial charge < -0.3 is 15.0 Å². The highest BCUT2D eigenvalue weighted by molar-refractivity contribution is 5.87. The van der Waals surface area contributed by atoms with Gasteiger partial charge >= 0.3 is 5.97 Å². The van der Waals surface area contributed by atoms with Crippen molar-refractivity contribution in [1.29, 1.82) is 0 Å². The van der Waals surface area contributed by atoms with Crippen molar-refractivity contribution in [1.82, 2.24) is 10.3 Å². The average Bonchev–Trinajstić information content (AvgIpc) is 2.88. The third kappa shape index (κ3) is 1.85. The zero-order chi connectivity index (χ0) is 11.0. The Morgan fingerprint density at radius 3 is 2.69 bits per heavy atom. The third-order valence-electron chi connectivity index (χ3n) is 3.52. The van der Waals surface area contributed by atoms with Crippen LogP contribution in [0.1, 0.15) is 36.2 Å². The molecule has 2 saturated heterocycles. The van der Waals surface area contributed by atoms with Gasteiger partial charge in [-0.2, -0.15) is 0 Å². The summed E-state index contributed by atoms with van der Waals surface area (Å²) in [7, 11) is 0. The van der Waals surface area contributed by atoms with E-state index in [4.69, 9.17) is 4.74 Å². The highest BCUT2D eigenvalue weighted by atomic mass is 16.5. The fourth-order valence-corrected chi connectivity index (χ4v) is 2.77. The number of aromatic nitrogens is 1. The number of ether oxygens (including phenoxy) is 1. The largest absolute Gasteiger partial charge is 0.458 e. The van der Waals surface area contributed by atoms with Crippen molar-refractivity contribution >= 4 is 5.97 Å². The van der Waals surface area contributed by atoms with Crippen LogP contribution in [0, 0.1) is 0 Å². The second-order valence-corrected chi connectivity index (χ2v) is 4.72. The van der Waals surface area contributed by atoms with E-state index in [-0.39, 0.29) is 12.1 Å². The Kier molecular flexibility index (Phi) is 2.44. The van der Waals surface area contributed by atoms with Crippen LogP contribution >= 0.6 is 0 Å². The van der Waals surface area contributed by atoms with E-state index in [1.54, 1.807) is 12.3 Å². The minimum Gasteiger partial charge on any atom is -0.458 e. The van der Waals surface area contributed by atoms with Crippen LogP contribution in [0.15, 0.2) is 18.3 Å². The molecule has 86 valence electrons. The average molecular weight is 220 g/mol. The number of carbonyl (C=O) groups is 1. The Hall–Kier alpha value is -1.29. The normalized spacial score (nSPS) is 32.6. The summed E-state index contributed by atoms with van der Waals surface area (Å²) in [5.41, 5.74) is 0.547. The molecule has 16 heavy (non-hydrogen) atoms. The summed E-state index contributed by atoms with van der Waals surface area (Å²) in [6, 6.07) is 4.67. The quantitative estimate of drug-likeness (QED) is 0.742. The molecular formula is C12H16N2O2.